The van der Waals surface area contributed by atoms with Gasteiger partial charge in [0.1, 0.15) is 5.01 Å². The van der Waals surface area contributed by atoms with Crippen molar-refractivity contribution in [3.63, 3.8) is 0 Å². The number of nitrogens with zero attached hydrogens (tertiary/aromatic N) is 3. The molecule has 2 aromatic heterocycles. The van der Waals surface area contributed by atoms with Gasteiger partial charge in [-0.25, -0.2) is 4.98 Å². The largest absolute Gasteiger partial charge is 0.366 e. The molecule has 2 amide bonds. The maximum atomic E-state index is 11.9. The molecule has 0 aliphatic carbocycles. The van der Waals surface area contributed by atoms with E-state index in [2.05, 4.69) is 4.57 Å². The molecule has 6 nitrogen and oxygen atoms in total. The third kappa shape index (κ3) is 4.13. The Kier molecular flexibility index (Phi) is 5.92. The molecule has 0 atom stereocenters. The van der Waals surface area contributed by atoms with E-state index in [1.54, 1.807) is 11.3 Å². The number of nitrogens with two attached hydrogens (primary N) is 1. The van der Waals surface area contributed by atoms with Crippen molar-refractivity contribution in [2.45, 2.75) is 32.7 Å². The van der Waals surface area contributed by atoms with E-state index in [0.717, 1.165) is 53.6 Å². The summed E-state index contributed by atoms with van der Waals surface area (Å²) in [5.74, 6) is -0.222. The van der Waals surface area contributed by atoms with Gasteiger partial charge in [-0.1, -0.05) is 23.7 Å². The summed E-state index contributed by atoms with van der Waals surface area (Å²) in [5, 5.41) is 3.56. The highest BCUT2D eigenvalue weighted by molar-refractivity contribution is 7.13. The summed E-state index contributed by atoms with van der Waals surface area (Å²) >= 11 is 7.53. The number of aromatic nitrogens is 2. The third-order valence-corrected chi connectivity index (χ3v) is 6.61. The molecule has 156 valence electrons. The van der Waals surface area contributed by atoms with Crippen LogP contribution < -0.4 is 5.73 Å². The van der Waals surface area contributed by atoms with Gasteiger partial charge in [0.2, 0.25) is 5.91 Å². The van der Waals surface area contributed by atoms with Gasteiger partial charge in [0.15, 0.2) is 0 Å². The Hall–Kier alpha value is -2.64. The molecule has 1 aliphatic rings. The zero-order valence-electron chi connectivity index (χ0n) is 16.7. The number of halogens is 1. The first-order valence-corrected chi connectivity index (χ1v) is 11.2. The summed E-state index contributed by atoms with van der Waals surface area (Å²) in [6.07, 6.45) is 2.39. The standard InChI is InChI=1S/C22H23ClN4O2S/c1-14-17(21(24)29)12-19(27(14)11-3-10-26-9-2-4-20(26)28)18-13-30-22(25-18)15-5-7-16(23)8-6-15/h5-8,12-13H,2-4,9-11H2,1H3,(H2,24,29). The SMILES string of the molecule is Cc1c(C(N)=O)cc(-c2csc(-c3ccc(Cl)cc3)n2)n1CCCN1CCCC1=O. The van der Waals surface area contributed by atoms with Crippen LogP contribution in [0.1, 0.15) is 35.3 Å². The highest BCUT2D eigenvalue weighted by Crippen LogP contribution is 2.32. The predicted octanol–water partition coefficient (Wildman–Crippen LogP) is 4.35. The van der Waals surface area contributed by atoms with Gasteiger partial charge < -0.3 is 15.2 Å². The van der Waals surface area contributed by atoms with Crippen LogP contribution in [0, 0.1) is 6.92 Å². The molecule has 8 heteroatoms. The number of likely N-dealkylation sites (tertiary alicyclic amines) is 1. The number of carbonyl (C=O) groups excluding carboxylic acids is 2. The lowest BCUT2D eigenvalue weighted by molar-refractivity contribution is -0.127. The van der Waals surface area contributed by atoms with Crippen molar-refractivity contribution in [3.05, 3.63) is 52.0 Å². The Labute approximate surface area is 184 Å². The number of rotatable bonds is 7. The van der Waals surface area contributed by atoms with Crippen LogP contribution in [-0.4, -0.2) is 39.4 Å². The lowest BCUT2D eigenvalue weighted by Crippen LogP contribution is -2.26. The molecule has 4 rings (SSSR count). The van der Waals surface area contributed by atoms with Crippen molar-refractivity contribution in [2.24, 2.45) is 5.73 Å². The van der Waals surface area contributed by atoms with E-state index < -0.39 is 5.91 Å². The first-order chi connectivity index (χ1) is 14.4. The van der Waals surface area contributed by atoms with E-state index in [-0.39, 0.29) is 5.91 Å². The normalized spacial score (nSPS) is 13.9. The monoisotopic (exact) mass is 442 g/mol. The minimum absolute atomic E-state index is 0.226. The van der Waals surface area contributed by atoms with Crippen LogP contribution in [-0.2, 0) is 11.3 Å². The van der Waals surface area contributed by atoms with Crippen LogP contribution in [0.25, 0.3) is 22.0 Å². The van der Waals surface area contributed by atoms with E-state index in [9.17, 15) is 9.59 Å². The number of hydrogen-bond acceptors (Lipinski definition) is 4. The van der Waals surface area contributed by atoms with Crippen LogP contribution >= 0.6 is 22.9 Å². The van der Waals surface area contributed by atoms with Crippen molar-refractivity contribution < 1.29 is 9.59 Å². The van der Waals surface area contributed by atoms with Gasteiger partial charge in [-0.15, -0.1) is 11.3 Å². The third-order valence-electron chi connectivity index (χ3n) is 5.47. The summed E-state index contributed by atoms with van der Waals surface area (Å²) < 4.78 is 2.08. The summed E-state index contributed by atoms with van der Waals surface area (Å²) in [7, 11) is 0. The summed E-state index contributed by atoms with van der Waals surface area (Å²) in [4.78, 5) is 30.5. The van der Waals surface area contributed by atoms with Crippen LogP contribution in [0.4, 0.5) is 0 Å². The van der Waals surface area contributed by atoms with E-state index >= 15 is 0 Å². The first-order valence-electron chi connectivity index (χ1n) is 9.93. The lowest BCUT2D eigenvalue weighted by atomic mass is 10.2. The molecular weight excluding hydrogens is 420 g/mol. The molecule has 0 bridgehead atoms. The summed E-state index contributed by atoms with van der Waals surface area (Å²) in [6.45, 7) is 4.14. The second-order valence-electron chi connectivity index (χ2n) is 7.43. The molecule has 30 heavy (non-hydrogen) atoms. The van der Waals surface area contributed by atoms with Crippen molar-refractivity contribution in [2.75, 3.05) is 13.1 Å². The smallest absolute Gasteiger partial charge is 0.250 e. The van der Waals surface area contributed by atoms with E-state index in [0.29, 0.717) is 23.6 Å². The number of thiazole rings is 1. The minimum Gasteiger partial charge on any atom is -0.366 e. The van der Waals surface area contributed by atoms with Crippen molar-refractivity contribution in [3.8, 4) is 22.0 Å². The van der Waals surface area contributed by atoms with Gasteiger partial charge in [-0.2, -0.15) is 0 Å². The Morgan fingerprint density at radius 3 is 2.70 bits per heavy atom. The molecule has 3 aromatic rings. The van der Waals surface area contributed by atoms with Crippen LogP contribution in [0.15, 0.2) is 35.7 Å². The number of carbonyl (C=O) groups is 2. The number of hydrogen-bond donors (Lipinski definition) is 1. The maximum Gasteiger partial charge on any atom is 0.250 e. The fourth-order valence-corrected chi connectivity index (χ4v) is 4.82. The molecule has 1 fully saturated rings. The molecule has 2 N–H and O–H groups in total. The van der Waals surface area contributed by atoms with Gasteiger partial charge in [-0.3, -0.25) is 9.59 Å². The Bertz CT molecular complexity index is 1090. The number of amides is 2. The van der Waals surface area contributed by atoms with Crippen molar-refractivity contribution in [1.82, 2.24) is 14.5 Å². The van der Waals surface area contributed by atoms with Crippen LogP contribution in [0.5, 0.6) is 0 Å². The molecule has 3 heterocycles. The molecule has 0 saturated carbocycles. The molecule has 1 aliphatic heterocycles. The fourth-order valence-electron chi connectivity index (χ4n) is 3.87. The average Bonchev–Trinajstić information content (AvgIpc) is 3.43. The molecule has 0 spiro atoms. The quantitative estimate of drug-likeness (QED) is 0.590. The highest BCUT2D eigenvalue weighted by atomic mass is 35.5. The number of primary amides is 1. The summed E-state index contributed by atoms with van der Waals surface area (Å²) in [5.41, 5.74) is 9.59. The second kappa shape index (κ2) is 8.62. The van der Waals surface area contributed by atoms with Crippen molar-refractivity contribution >= 4 is 34.8 Å². The molecule has 1 aromatic carbocycles. The van der Waals surface area contributed by atoms with Gasteiger partial charge in [-0.05, 0) is 38.0 Å². The molecule has 1 saturated heterocycles. The first kappa shape index (κ1) is 20.6. The summed E-state index contributed by atoms with van der Waals surface area (Å²) in [6, 6.07) is 9.39. The van der Waals surface area contributed by atoms with Gasteiger partial charge in [0.25, 0.3) is 5.91 Å². The second-order valence-corrected chi connectivity index (χ2v) is 8.72. The minimum atomic E-state index is -0.449. The zero-order chi connectivity index (χ0) is 21.3. The van der Waals surface area contributed by atoms with Crippen LogP contribution in [0.3, 0.4) is 0 Å². The van der Waals surface area contributed by atoms with E-state index in [1.807, 2.05) is 47.5 Å². The topological polar surface area (TPSA) is 81.2 Å². The maximum absolute atomic E-state index is 11.9. The Morgan fingerprint density at radius 2 is 2.03 bits per heavy atom. The molecular formula is C22H23ClN4O2S. The van der Waals surface area contributed by atoms with Gasteiger partial charge in [0.05, 0.1) is 17.0 Å². The highest BCUT2D eigenvalue weighted by Gasteiger charge is 2.21. The van der Waals surface area contributed by atoms with E-state index in [4.69, 9.17) is 22.3 Å². The Balaban J connectivity index is 1.60. The molecule has 0 radical (unpaired) electrons. The fraction of sp³-hybridized carbons (Fsp3) is 0.318. The molecule has 0 unspecified atom stereocenters. The van der Waals surface area contributed by atoms with Gasteiger partial charge in [0, 0.05) is 47.7 Å². The van der Waals surface area contributed by atoms with E-state index in [1.165, 1.54) is 0 Å². The number of benzene rings is 1. The Morgan fingerprint density at radius 1 is 1.27 bits per heavy atom. The zero-order valence-corrected chi connectivity index (χ0v) is 18.3. The van der Waals surface area contributed by atoms with Crippen molar-refractivity contribution in [1.29, 1.82) is 0 Å². The van der Waals surface area contributed by atoms with Gasteiger partial charge >= 0.3 is 0 Å². The lowest BCUT2D eigenvalue weighted by Gasteiger charge is -2.17. The predicted molar refractivity (Wildman–Crippen MR) is 120 cm³/mol. The average molecular weight is 443 g/mol. The van der Waals surface area contributed by atoms with Crippen LogP contribution in [0.2, 0.25) is 5.02 Å².